The molecule has 3 aromatic heterocycles. The van der Waals surface area contributed by atoms with Crippen LogP contribution in [0, 0.1) is 6.92 Å². The number of pyridine rings is 1. The zero-order valence-corrected chi connectivity index (χ0v) is 12.8. The van der Waals surface area contributed by atoms with Gasteiger partial charge in [0.1, 0.15) is 6.54 Å². The number of nitrogens with zero attached hydrogens (tertiary/aromatic N) is 5. The second-order valence-electron chi connectivity index (χ2n) is 5.25. The van der Waals surface area contributed by atoms with Gasteiger partial charge in [-0.3, -0.25) is 14.2 Å². The average molecular weight is 338 g/mol. The maximum atomic E-state index is 12.5. The molecular weight excluding hydrogens is 325 g/mol. The van der Waals surface area contributed by atoms with Gasteiger partial charge in [-0.2, -0.15) is 23.4 Å². The number of amides is 1. The third-order valence-corrected chi connectivity index (χ3v) is 3.38. The maximum absolute atomic E-state index is 12.5. The Balaban J connectivity index is 1.73. The Hall–Kier alpha value is -2.91. The molecule has 0 fully saturated rings. The fourth-order valence-corrected chi connectivity index (χ4v) is 2.32. The number of hydrogen-bond donors (Lipinski definition) is 1. The molecule has 3 heterocycles. The van der Waals surface area contributed by atoms with Crippen LogP contribution >= 0.6 is 0 Å². The molecule has 7 nitrogen and oxygen atoms in total. The van der Waals surface area contributed by atoms with Crippen LogP contribution in [-0.2, 0) is 24.6 Å². The molecule has 0 bridgehead atoms. The van der Waals surface area contributed by atoms with E-state index in [1.165, 1.54) is 6.20 Å². The van der Waals surface area contributed by atoms with Gasteiger partial charge in [0.2, 0.25) is 5.91 Å². The van der Waals surface area contributed by atoms with Crippen molar-refractivity contribution in [2.75, 3.05) is 5.32 Å². The number of aryl methyl sites for hydroxylation is 2. The van der Waals surface area contributed by atoms with Crippen molar-refractivity contribution in [3.63, 3.8) is 0 Å². The lowest BCUT2D eigenvalue weighted by Gasteiger charge is -2.06. The van der Waals surface area contributed by atoms with E-state index in [-0.39, 0.29) is 6.54 Å². The first-order valence-electron chi connectivity index (χ1n) is 6.94. The summed E-state index contributed by atoms with van der Waals surface area (Å²) in [5, 5.41) is 10.9. The molecule has 3 rings (SSSR count). The molecule has 1 amide bonds. The normalized spacial score (nSPS) is 11.9. The number of rotatable bonds is 3. The molecule has 0 aromatic carbocycles. The quantitative estimate of drug-likeness (QED) is 0.794. The zero-order chi connectivity index (χ0) is 17.5. The Morgan fingerprint density at radius 1 is 1.33 bits per heavy atom. The summed E-state index contributed by atoms with van der Waals surface area (Å²) in [6.07, 6.45) is -1.96. The third-order valence-electron chi connectivity index (χ3n) is 3.38. The van der Waals surface area contributed by atoms with Crippen molar-refractivity contribution in [2.24, 2.45) is 7.05 Å². The van der Waals surface area contributed by atoms with Crippen LogP contribution in [0.3, 0.4) is 0 Å². The minimum atomic E-state index is -4.53. The number of carbonyl (C=O) groups is 1. The lowest BCUT2D eigenvalue weighted by Crippen LogP contribution is -2.19. The lowest BCUT2D eigenvalue weighted by atomic mass is 10.2. The Kier molecular flexibility index (Phi) is 3.74. The van der Waals surface area contributed by atoms with Gasteiger partial charge in [0.25, 0.3) is 0 Å². The van der Waals surface area contributed by atoms with Gasteiger partial charge in [0, 0.05) is 18.6 Å². The topological polar surface area (TPSA) is 77.6 Å². The van der Waals surface area contributed by atoms with Crippen molar-refractivity contribution in [1.29, 1.82) is 0 Å². The van der Waals surface area contributed by atoms with Crippen LogP contribution in [0.5, 0.6) is 0 Å². The van der Waals surface area contributed by atoms with Gasteiger partial charge in [-0.05, 0) is 19.1 Å². The summed E-state index contributed by atoms with van der Waals surface area (Å²) in [5.41, 5.74) is 0.835. The Labute approximate surface area is 134 Å². The predicted molar refractivity (Wildman–Crippen MR) is 79.1 cm³/mol. The van der Waals surface area contributed by atoms with Crippen LogP contribution < -0.4 is 5.32 Å². The van der Waals surface area contributed by atoms with Crippen LogP contribution in [0.25, 0.3) is 11.0 Å². The van der Waals surface area contributed by atoms with Gasteiger partial charge in [-0.1, -0.05) is 0 Å². The van der Waals surface area contributed by atoms with Crippen molar-refractivity contribution in [3.05, 3.63) is 35.9 Å². The van der Waals surface area contributed by atoms with Gasteiger partial charge in [-0.15, -0.1) is 0 Å². The number of halogens is 3. The second kappa shape index (κ2) is 5.62. The van der Waals surface area contributed by atoms with Gasteiger partial charge in [-0.25, -0.2) is 4.98 Å². The molecular formula is C14H13F3N6O. The molecule has 0 spiro atoms. The number of anilines is 1. The van der Waals surface area contributed by atoms with Crippen molar-refractivity contribution >= 4 is 22.6 Å². The first-order valence-corrected chi connectivity index (χ1v) is 6.94. The lowest BCUT2D eigenvalue weighted by molar-refractivity contribution is -0.141. The van der Waals surface area contributed by atoms with E-state index in [9.17, 15) is 18.0 Å². The molecule has 0 saturated heterocycles. The van der Waals surface area contributed by atoms with E-state index in [0.717, 1.165) is 28.0 Å². The molecule has 0 atom stereocenters. The van der Waals surface area contributed by atoms with E-state index in [4.69, 9.17) is 0 Å². The Morgan fingerprint density at radius 2 is 2.08 bits per heavy atom. The number of carbonyl (C=O) groups excluding carboxylic acids is 1. The molecule has 10 heteroatoms. The van der Waals surface area contributed by atoms with Crippen molar-refractivity contribution in [3.8, 4) is 0 Å². The fraction of sp³-hybridized carbons (Fsp3) is 0.286. The number of fused-ring (bicyclic) bond motifs is 1. The molecule has 0 radical (unpaired) electrons. The zero-order valence-electron chi connectivity index (χ0n) is 12.8. The molecule has 0 aliphatic rings. The first-order chi connectivity index (χ1) is 11.2. The largest absolute Gasteiger partial charge is 0.435 e. The van der Waals surface area contributed by atoms with Gasteiger partial charge < -0.3 is 5.32 Å². The van der Waals surface area contributed by atoms with Crippen LogP contribution in [0.4, 0.5) is 18.9 Å². The van der Waals surface area contributed by atoms with Gasteiger partial charge in [0.05, 0.1) is 17.6 Å². The van der Waals surface area contributed by atoms with E-state index in [0.29, 0.717) is 11.3 Å². The molecule has 1 N–H and O–H groups in total. The summed E-state index contributed by atoms with van der Waals surface area (Å²) < 4.78 is 40.0. The number of alkyl halides is 3. The highest BCUT2D eigenvalue weighted by atomic mass is 19.4. The summed E-state index contributed by atoms with van der Waals surface area (Å²) in [7, 11) is 1.76. The van der Waals surface area contributed by atoms with Gasteiger partial charge >= 0.3 is 6.18 Å². The van der Waals surface area contributed by atoms with Crippen LogP contribution in [0.15, 0.2) is 24.5 Å². The second-order valence-corrected chi connectivity index (χ2v) is 5.25. The van der Waals surface area contributed by atoms with E-state index in [1.807, 2.05) is 6.92 Å². The fourth-order valence-electron chi connectivity index (χ4n) is 2.32. The van der Waals surface area contributed by atoms with E-state index >= 15 is 0 Å². The summed E-state index contributed by atoms with van der Waals surface area (Å²) in [6, 6.07) is 2.53. The monoisotopic (exact) mass is 338 g/mol. The minimum Gasteiger partial charge on any atom is -0.323 e. The van der Waals surface area contributed by atoms with Crippen molar-refractivity contribution < 1.29 is 18.0 Å². The SMILES string of the molecule is Cc1nn(C)c2ncc(NC(=O)Cn3ccc(C(F)(F)F)n3)cc12. The summed E-state index contributed by atoms with van der Waals surface area (Å²) in [5.74, 6) is -0.505. The minimum absolute atomic E-state index is 0.333. The summed E-state index contributed by atoms with van der Waals surface area (Å²) in [4.78, 5) is 16.2. The van der Waals surface area contributed by atoms with E-state index in [2.05, 4.69) is 20.5 Å². The highest BCUT2D eigenvalue weighted by Gasteiger charge is 2.33. The predicted octanol–water partition coefficient (Wildman–Crippen LogP) is 2.13. The standard InChI is InChI=1S/C14H13F3N6O/c1-8-10-5-9(6-18-13(10)22(2)20-8)19-12(24)7-23-4-3-11(21-23)14(15,16)17/h3-6H,7H2,1-2H3,(H,19,24). The average Bonchev–Trinajstić information content (AvgIpc) is 3.04. The summed E-state index contributed by atoms with van der Waals surface area (Å²) in [6.45, 7) is 1.48. The van der Waals surface area contributed by atoms with Crippen LogP contribution in [0.2, 0.25) is 0 Å². The van der Waals surface area contributed by atoms with Crippen LogP contribution in [0.1, 0.15) is 11.4 Å². The molecule has 3 aromatic rings. The number of aromatic nitrogens is 5. The Bertz CT molecular complexity index is 911. The smallest absolute Gasteiger partial charge is 0.323 e. The molecule has 0 unspecified atom stereocenters. The van der Waals surface area contributed by atoms with Crippen molar-refractivity contribution in [1.82, 2.24) is 24.5 Å². The molecule has 24 heavy (non-hydrogen) atoms. The number of nitrogens with one attached hydrogen (secondary N) is 1. The molecule has 0 aliphatic carbocycles. The molecule has 0 saturated carbocycles. The molecule has 0 aliphatic heterocycles. The van der Waals surface area contributed by atoms with Crippen LogP contribution in [-0.4, -0.2) is 30.5 Å². The van der Waals surface area contributed by atoms with Crippen molar-refractivity contribution in [2.45, 2.75) is 19.6 Å². The molecule has 126 valence electrons. The van der Waals surface area contributed by atoms with E-state index < -0.39 is 17.8 Å². The first kappa shape index (κ1) is 16.0. The summed E-state index contributed by atoms with van der Waals surface area (Å²) >= 11 is 0. The van der Waals surface area contributed by atoms with Gasteiger partial charge in [0.15, 0.2) is 11.3 Å². The third kappa shape index (κ3) is 3.07. The highest BCUT2D eigenvalue weighted by Crippen LogP contribution is 2.27. The maximum Gasteiger partial charge on any atom is 0.435 e. The Morgan fingerprint density at radius 3 is 2.75 bits per heavy atom. The number of hydrogen-bond acceptors (Lipinski definition) is 4. The highest BCUT2D eigenvalue weighted by molar-refractivity contribution is 5.92. The van der Waals surface area contributed by atoms with E-state index in [1.54, 1.807) is 17.8 Å².